The van der Waals surface area contributed by atoms with Crippen LogP contribution in [0.25, 0.3) is 10.9 Å². The molecule has 0 aliphatic carbocycles. The van der Waals surface area contributed by atoms with Crippen LogP contribution in [0.15, 0.2) is 12.1 Å². The first-order valence-electron chi connectivity index (χ1n) is 4.13. The van der Waals surface area contributed by atoms with Gasteiger partial charge in [0.1, 0.15) is 0 Å². The summed E-state index contributed by atoms with van der Waals surface area (Å²) in [5, 5.41) is 1.77. The fourth-order valence-corrected chi connectivity index (χ4v) is 1.67. The van der Waals surface area contributed by atoms with E-state index in [2.05, 4.69) is 11.9 Å². The lowest BCUT2D eigenvalue weighted by atomic mass is 10.1. The maximum Gasteiger partial charge on any atom is 0.0643 e. The molecule has 0 amide bonds. The fraction of sp³-hybridized carbons (Fsp3) is 0.200. The lowest BCUT2D eigenvalue weighted by molar-refractivity contribution is 1.25. The Morgan fingerprint density at radius 3 is 2.69 bits per heavy atom. The lowest BCUT2D eigenvalue weighted by Crippen LogP contribution is -1.85. The second-order valence-electron chi connectivity index (χ2n) is 3.29. The number of rotatable bonds is 0. The molecule has 0 unspecified atom stereocenters. The topological polar surface area (TPSA) is 41.8 Å². The van der Waals surface area contributed by atoms with E-state index in [9.17, 15) is 0 Å². The third kappa shape index (κ3) is 1.18. The second-order valence-corrected chi connectivity index (χ2v) is 3.70. The Labute approximate surface area is 81.7 Å². The van der Waals surface area contributed by atoms with Crippen LogP contribution in [0.3, 0.4) is 0 Å². The van der Waals surface area contributed by atoms with Gasteiger partial charge in [0, 0.05) is 16.6 Å². The number of benzene rings is 1. The molecule has 0 fully saturated rings. The first kappa shape index (κ1) is 8.45. The van der Waals surface area contributed by atoms with Gasteiger partial charge in [-0.25, -0.2) is 0 Å². The van der Waals surface area contributed by atoms with E-state index in [-0.39, 0.29) is 0 Å². The number of anilines is 1. The minimum atomic E-state index is 0.620. The predicted octanol–water partition coefficient (Wildman–Crippen LogP) is 3.02. The zero-order valence-electron chi connectivity index (χ0n) is 7.61. The molecule has 0 aliphatic rings. The van der Waals surface area contributed by atoms with Crippen molar-refractivity contribution in [2.24, 2.45) is 0 Å². The smallest absolute Gasteiger partial charge is 0.0643 e. The Balaban J connectivity index is 2.89. The number of nitrogen functional groups attached to an aromatic ring is 1. The molecule has 68 valence electrons. The number of aromatic amines is 1. The van der Waals surface area contributed by atoms with Crippen LogP contribution in [0, 0.1) is 13.8 Å². The van der Waals surface area contributed by atoms with Gasteiger partial charge >= 0.3 is 0 Å². The molecule has 1 heterocycles. The molecule has 0 saturated heterocycles. The highest BCUT2D eigenvalue weighted by Gasteiger charge is 2.06. The van der Waals surface area contributed by atoms with Gasteiger partial charge in [0.25, 0.3) is 0 Å². The van der Waals surface area contributed by atoms with Crippen LogP contribution in [0.4, 0.5) is 5.69 Å². The average Bonchev–Trinajstić information content (AvgIpc) is 2.32. The average molecular weight is 195 g/mol. The summed E-state index contributed by atoms with van der Waals surface area (Å²) in [5.41, 5.74) is 9.76. The van der Waals surface area contributed by atoms with Gasteiger partial charge in [0.2, 0.25) is 0 Å². The Hall–Kier alpha value is -1.15. The molecule has 0 saturated carbocycles. The van der Waals surface area contributed by atoms with Gasteiger partial charge in [0.15, 0.2) is 0 Å². The van der Waals surface area contributed by atoms with E-state index in [1.165, 1.54) is 5.56 Å². The minimum Gasteiger partial charge on any atom is -0.397 e. The minimum absolute atomic E-state index is 0.620. The standard InChI is InChI=1S/C10H11ClN2/c1-5-6(2)13-10-4-9(12)8(11)3-7(5)10/h3-4,13H,12H2,1-2H3. The number of hydrogen-bond acceptors (Lipinski definition) is 1. The van der Waals surface area contributed by atoms with Crippen molar-refractivity contribution in [1.82, 2.24) is 4.98 Å². The van der Waals surface area contributed by atoms with Crippen molar-refractivity contribution in [3.05, 3.63) is 28.4 Å². The number of H-pyrrole nitrogens is 1. The Kier molecular flexibility index (Phi) is 1.74. The quantitative estimate of drug-likeness (QED) is 0.622. The lowest BCUT2D eigenvalue weighted by Gasteiger charge is -1.97. The summed E-state index contributed by atoms with van der Waals surface area (Å²) in [7, 11) is 0. The van der Waals surface area contributed by atoms with Crippen molar-refractivity contribution in [3.8, 4) is 0 Å². The van der Waals surface area contributed by atoms with E-state index in [1.807, 2.05) is 19.1 Å². The Morgan fingerprint density at radius 2 is 2.00 bits per heavy atom. The van der Waals surface area contributed by atoms with Gasteiger partial charge < -0.3 is 10.7 Å². The van der Waals surface area contributed by atoms with Crippen molar-refractivity contribution >= 4 is 28.2 Å². The number of fused-ring (bicyclic) bond motifs is 1. The van der Waals surface area contributed by atoms with Crippen LogP contribution in [0.2, 0.25) is 5.02 Å². The van der Waals surface area contributed by atoms with Gasteiger partial charge in [-0.1, -0.05) is 11.6 Å². The van der Waals surface area contributed by atoms with Crippen molar-refractivity contribution in [2.45, 2.75) is 13.8 Å². The molecule has 0 bridgehead atoms. The maximum atomic E-state index is 5.93. The number of nitrogens with one attached hydrogen (secondary N) is 1. The van der Waals surface area contributed by atoms with Gasteiger partial charge in [-0.15, -0.1) is 0 Å². The van der Waals surface area contributed by atoms with Crippen molar-refractivity contribution in [2.75, 3.05) is 5.73 Å². The highest BCUT2D eigenvalue weighted by molar-refractivity contribution is 6.34. The van der Waals surface area contributed by atoms with Crippen LogP contribution in [0.5, 0.6) is 0 Å². The number of aromatic nitrogens is 1. The molecule has 1 aromatic heterocycles. The molecular weight excluding hydrogens is 184 g/mol. The third-order valence-corrected chi connectivity index (χ3v) is 2.75. The monoisotopic (exact) mass is 194 g/mol. The first-order chi connectivity index (χ1) is 6.09. The molecular formula is C10H11ClN2. The van der Waals surface area contributed by atoms with Crippen LogP contribution in [-0.2, 0) is 0 Å². The number of halogens is 1. The predicted molar refractivity (Wildman–Crippen MR) is 57.2 cm³/mol. The number of aryl methyl sites for hydroxylation is 2. The summed E-state index contributed by atoms with van der Waals surface area (Å²) >= 11 is 5.93. The van der Waals surface area contributed by atoms with Gasteiger partial charge in [-0.3, -0.25) is 0 Å². The molecule has 2 nitrogen and oxygen atoms in total. The molecule has 0 spiro atoms. The maximum absolute atomic E-state index is 5.93. The highest BCUT2D eigenvalue weighted by atomic mass is 35.5. The Morgan fingerprint density at radius 1 is 1.31 bits per heavy atom. The summed E-state index contributed by atoms with van der Waals surface area (Å²) in [6, 6.07) is 3.78. The Bertz CT molecular complexity index is 471. The van der Waals surface area contributed by atoms with Crippen LogP contribution in [-0.4, -0.2) is 4.98 Å². The van der Waals surface area contributed by atoms with E-state index >= 15 is 0 Å². The third-order valence-electron chi connectivity index (χ3n) is 2.43. The van der Waals surface area contributed by atoms with Crippen molar-refractivity contribution < 1.29 is 0 Å². The first-order valence-corrected chi connectivity index (χ1v) is 4.51. The summed E-state index contributed by atoms with van der Waals surface area (Å²) in [5.74, 6) is 0. The van der Waals surface area contributed by atoms with E-state index in [0.29, 0.717) is 10.7 Å². The van der Waals surface area contributed by atoms with Gasteiger partial charge in [-0.2, -0.15) is 0 Å². The SMILES string of the molecule is Cc1[nH]c2cc(N)c(Cl)cc2c1C. The molecule has 13 heavy (non-hydrogen) atoms. The summed E-state index contributed by atoms with van der Waals surface area (Å²) in [6.45, 7) is 4.11. The number of hydrogen-bond donors (Lipinski definition) is 2. The molecule has 3 N–H and O–H groups in total. The van der Waals surface area contributed by atoms with Gasteiger partial charge in [0.05, 0.1) is 10.7 Å². The summed E-state index contributed by atoms with van der Waals surface area (Å²) in [6.07, 6.45) is 0. The highest BCUT2D eigenvalue weighted by Crippen LogP contribution is 2.28. The largest absolute Gasteiger partial charge is 0.397 e. The molecule has 0 aliphatic heterocycles. The molecule has 3 heteroatoms. The summed E-state index contributed by atoms with van der Waals surface area (Å²) < 4.78 is 0. The second kappa shape index (κ2) is 2.67. The van der Waals surface area contributed by atoms with Crippen LogP contribution in [0.1, 0.15) is 11.3 Å². The number of nitrogens with two attached hydrogens (primary N) is 1. The van der Waals surface area contributed by atoms with Crippen molar-refractivity contribution in [1.29, 1.82) is 0 Å². The molecule has 2 aromatic rings. The zero-order chi connectivity index (χ0) is 9.59. The van der Waals surface area contributed by atoms with Crippen LogP contribution >= 0.6 is 11.6 Å². The molecule has 2 rings (SSSR count). The molecule has 0 radical (unpaired) electrons. The van der Waals surface area contributed by atoms with E-state index < -0.39 is 0 Å². The van der Waals surface area contributed by atoms with E-state index in [4.69, 9.17) is 17.3 Å². The van der Waals surface area contributed by atoms with Gasteiger partial charge in [-0.05, 0) is 31.5 Å². The normalized spacial score (nSPS) is 11.0. The fourth-order valence-electron chi connectivity index (χ4n) is 1.50. The summed E-state index contributed by atoms with van der Waals surface area (Å²) in [4.78, 5) is 3.26. The molecule has 0 atom stereocenters. The van der Waals surface area contributed by atoms with Crippen LogP contribution < -0.4 is 5.73 Å². The van der Waals surface area contributed by atoms with Crippen molar-refractivity contribution in [3.63, 3.8) is 0 Å². The zero-order valence-corrected chi connectivity index (χ0v) is 8.37. The van der Waals surface area contributed by atoms with E-state index in [1.54, 1.807) is 0 Å². The van der Waals surface area contributed by atoms with E-state index in [0.717, 1.165) is 16.6 Å². The molecule has 1 aromatic carbocycles.